The number of halogens is 2. The lowest BCUT2D eigenvalue weighted by Crippen LogP contribution is -2.54. The fraction of sp³-hybridized carbons (Fsp3) is 0.179. The minimum Gasteiger partial charge on any atom is -0.495 e. The normalized spacial score (nSPS) is 14.3. The predicted molar refractivity (Wildman–Crippen MR) is 147 cm³/mol. The third kappa shape index (κ3) is 6.10. The molecular formula is C28H24Cl2N2O7. The number of imide groups is 2. The van der Waals surface area contributed by atoms with E-state index in [1.807, 2.05) is 19.1 Å². The Morgan fingerprint density at radius 3 is 2.33 bits per heavy atom. The quantitative estimate of drug-likeness (QED) is 0.261. The molecule has 0 spiro atoms. The topological polar surface area (TPSA) is 103 Å². The molecule has 0 saturated carbocycles. The summed E-state index contributed by atoms with van der Waals surface area (Å²) in [7, 11) is 2.75. The standard InChI is InChI=1S/C28H24Cl2N2O7/c1-4-38-25-12-16(8-9-22(25)39-15-17-6-5-7-18(29)10-17)11-19-26(33)31-28(35)32(27(19)34)21-14-23(36-2)20(30)13-24(21)37-3/h5-14H,4,15H2,1-3H3,(H,31,33,35)/b19-11+. The van der Waals surface area contributed by atoms with Gasteiger partial charge in [-0.3, -0.25) is 14.9 Å². The van der Waals surface area contributed by atoms with E-state index in [0.717, 1.165) is 10.5 Å². The van der Waals surface area contributed by atoms with Gasteiger partial charge in [0.2, 0.25) is 0 Å². The molecule has 202 valence electrons. The molecule has 11 heteroatoms. The second-order valence-corrected chi connectivity index (χ2v) is 9.02. The number of ether oxygens (including phenoxy) is 4. The summed E-state index contributed by atoms with van der Waals surface area (Å²) in [6, 6.07) is 14.1. The van der Waals surface area contributed by atoms with Crippen molar-refractivity contribution < 1.29 is 33.3 Å². The van der Waals surface area contributed by atoms with Gasteiger partial charge in [-0.2, -0.15) is 0 Å². The highest BCUT2D eigenvalue weighted by Gasteiger charge is 2.38. The molecule has 9 nitrogen and oxygen atoms in total. The lowest BCUT2D eigenvalue weighted by Gasteiger charge is -2.28. The summed E-state index contributed by atoms with van der Waals surface area (Å²) in [6.07, 6.45) is 1.36. The molecule has 0 atom stereocenters. The molecule has 0 radical (unpaired) electrons. The number of nitrogens with zero attached hydrogens (tertiary/aromatic N) is 1. The number of hydrogen-bond donors (Lipinski definition) is 1. The highest BCUT2D eigenvalue weighted by Crippen LogP contribution is 2.39. The molecule has 3 aromatic rings. The summed E-state index contributed by atoms with van der Waals surface area (Å²) < 4.78 is 22.2. The zero-order valence-electron chi connectivity index (χ0n) is 21.2. The van der Waals surface area contributed by atoms with Crippen LogP contribution in [0.3, 0.4) is 0 Å². The number of rotatable bonds is 9. The number of hydrogen-bond acceptors (Lipinski definition) is 7. The Labute approximate surface area is 234 Å². The van der Waals surface area contributed by atoms with Gasteiger partial charge in [0.25, 0.3) is 11.8 Å². The van der Waals surface area contributed by atoms with Gasteiger partial charge >= 0.3 is 6.03 Å². The Morgan fingerprint density at radius 2 is 1.64 bits per heavy atom. The van der Waals surface area contributed by atoms with Crippen molar-refractivity contribution in [1.82, 2.24) is 5.32 Å². The largest absolute Gasteiger partial charge is 0.495 e. The van der Waals surface area contributed by atoms with Crippen LogP contribution < -0.4 is 29.2 Å². The number of amides is 4. The highest BCUT2D eigenvalue weighted by atomic mass is 35.5. The number of carbonyl (C=O) groups excluding carboxylic acids is 3. The first-order chi connectivity index (χ1) is 18.7. The van der Waals surface area contributed by atoms with E-state index in [-0.39, 0.29) is 34.4 Å². The Hall–Kier alpha value is -4.21. The van der Waals surface area contributed by atoms with Crippen LogP contribution in [0, 0.1) is 0 Å². The number of barbiturate groups is 1. The molecule has 1 aliphatic heterocycles. The lowest BCUT2D eigenvalue weighted by atomic mass is 10.1. The maximum Gasteiger partial charge on any atom is 0.336 e. The first-order valence-corrected chi connectivity index (χ1v) is 12.5. The monoisotopic (exact) mass is 570 g/mol. The zero-order chi connectivity index (χ0) is 28.1. The van der Waals surface area contributed by atoms with Crippen molar-refractivity contribution in [3.63, 3.8) is 0 Å². The summed E-state index contributed by atoms with van der Waals surface area (Å²) in [5.41, 5.74) is 1.13. The summed E-state index contributed by atoms with van der Waals surface area (Å²) >= 11 is 12.2. The fourth-order valence-electron chi connectivity index (χ4n) is 3.85. The lowest BCUT2D eigenvalue weighted by molar-refractivity contribution is -0.122. The highest BCUT2D eigenvalue weighted by molar-refractivity contribution is 6.39. The van der Waals surface area contributed by atoms with Gasteiger partial charge in [-0.15, -0.1) is 0 Å². The van der Waals surface area contributed by atoms with E-state index in [1.54, 1.807) is 30.3 Å². The maximum absolute atomic E-state index is 13.4. The van der Waals surface area contributed by atoms with Gasteiger partial charge in [-0.25, -0.2) is 9.69 Å². The van der Waals surface area contributed by atoms with Crippen LogP contribution in [-0.2, 0) is 16.2 Å². The van der Waals surface area contributed by atoms with Crippen LogP contribution in [0.5, 0.6) is 23.0 Å². The smallest absolute Gasteiger partial charge is 0.336 e. The average molecular weight is 571 g/mol. The van der Waals surface area contributed by atoms with Crippen LogP contribution >= 0.6 is 23.2 Å². The van der Waals surface area contributed by atoms with Crippen LogP contribution in [0.1, 0.15) is 18.1 Å². The van der Waals surface area contributed by atoms with Crippen LogP contribution in [0.2, 0.25) is 10.0 Å². The van der Waals surface area contributed by atoms with E-state index in [9.17, 15) is 14.4 Å². The van der Waals surface area contributed by atoms with Crippen molar-refractivity contribution in [3.05, 3.63) is 81.3 Å². The number of nitrogens with one attached hydrogen (secondary N) is 1. The molecule has 1 N–H and O–H groups in total. The van der Waals surface area contributed by atoms with Gasteiger partial charge < -0.3 is 18.9 Å². The zero-order valence-corrected chi connectivity index (χ0v) is 22.8. The predicted octanol–water partition coefficient (Wildman–Crippen LogP) is 5.65. The molecule has 1 saturated heterocycles. The second-order valence-electron chi connectivity index (χ2n) is 8.17. The molecule has 4 rings (SSSR count). The van der Waals surface area contributed by atoms with Gasteiger partial charge in [0.05, 0.1) is 31.5 Å². The van der Waals surface area contributed by atoms with E-state index >= 15 is 0 Å². The SMILES string of the molecule is CCOc1cc(/C=C2\C(=O)NC(=O)N(c3cc(OC)c(Cl)cc3OC)C2=O)ccc1OCc1cccc(Cl)c1. The van der Waals surface area contributed by atoms with Gasteiger partial charge in [-0.05, 0) is 48.4 Å². The summed E-state index contributed by atoms with van der Waals surface area (Å²) in [6.45, 7) is 2.43. The third-order valence-electron chi connectivity index (χ3n) is 5.66. The van der Waals surface area contributed by atoms with Crippen LogP contribution in [0.15, 0.2) is 60.2 Å². The molecule has 39 heavy (non-hydrogen) atoms. The molecule has 0 aromatic heterocycles. The minimum absolute atomic E-state index is 0.0550. The fourth-order valence-corrected chi connectivity index (χ4v) is 4.30. The number of methoxy groups -OCH3 is 2. The molecular weight excluding hydrogens is 547 g/mol. The van der Waals surface area contributed by atoms with E-state index in [0.29, 0.717) is 28.7 Å². The maximum atomic E-state index is 13.4. The van der Waals surface area contributed by atoms with Crippen molar-refractivity contribution in [2.24, 2.45) is 0 Å². The molecule has 0 unspecified atom stereocenters. The second kappa shape index (κ2) is 12.1. The van der Waals surface area contributed by atoms with Gasteiger partial charge in [0.15, 0.2) is 11.5 Å². The Balaban J connectivity index is 1.66. The van der Waals surface area contributed by atoms with Crippen molar-refractivity contribution in [2.75, 3.05) is 25.7 Å². The van der Waals surface area contributed by atoms with E-state index < -0.39 is 17.8 Å². The number of benzene rings is 3. The van der Waals surface area contributed by atoms with Crippen molar-refractivity contribution in [2.45, 2.75) is 13.5 Å². The van der Waals surface area contributed by atoms with E-state index in [1.165, 1.54) is 32.4 Å². The van der Waals surface area contributed by atoms with Crippen molar-refractivity contribution in [1.29, 1.82) is 0 Å². The van der Waals surface area contributed by atoms with Crippen molar-refractivity contribution in [3.8, 4) is 23.0 Å². The first-order valence-electron chi connectivity index (χ1n) is 11.7. The first kappa shape index (κ1) is 27.8. The molecule has 3 aromatic carbocycles. The third-order valence-corrected chi connectivity index (χ3v) is 6.19. The Kier molecular flexibility index (Phi) is 8.63. The molecule has 1 fully saturated rings. The van der Waals surface area contributed by atoms with Crippen molar-refractivity contribution >= 4 is 52.8 Å². The summed E-state index contributed by atoms with van der Waals surface area (Å²) in [5, 5.41) is 3.01. The number of urea groups is 1. The number of anilines is 1. The molecule has 0 aliphatic carbocycles. The Morgan fingerprint density at radius 1 is 0.872 bits per heavy atom. The van der Waals surface area contributed by atoms with E-state index in [2.05, 4.69) is 5.32 Å². The van der Waals surface area contributed by atoms with Crippen LogP contribution in [0.25, 0.3) is 6.08 Å². The van der Waals surface area contributed by atoms with E-state index in [4.69, 9.17) is 42.1 Å². The minimum atomic E-state index is -0.940. The summed E-state index contributed by atoms with van der Waals surface area (Å²) in [5.74, 6) is -0.475. The van der Waals surface area contributed by atoms with Crippen LogP contribution in [0.4, 0.5) is 10.5 Å². The van der Waals surface area contributed by atoms with Gasteiger partial charge in [0, 0.05) is 17.2 Å². The molecule has 0 bridgehead atoms. The molecule has 4 amide bonds. The molecule has 1 aliphatic rings. The Bertz CT molecular complexity index is 1470. The summed E-state index contributed by atoms with van der Waals surface area (Å²) in [4.78, 5) is 39.7. The average Bonchev–Trinajstić information content (AvgIpc) is 2.91. The number of carbonyl (C=O) groups is 3. The van der Waals surface area contributed by atoms with Gasteiger partial charge in [0.1, 0.15) is 23.7 Å². The van der Waals surface area contributed by atoms with Gasteiger partial charge in [-0.1, -0.05) is 41.4 Å². The van der Waals surface area contributed by atoms with Crippen LogP contribution in [-0.4, -0.2) is 38.7 Å². The molecule has 1 heterocycles.